The molecule has 1 fully saturated rings. The minimum atomic E-state index is -1.13. The molecule has 2 aliphatic heterocycles. The van der Waals surface area contributed by atoms with Gasteiger partial charge in [0.05, 0.1) is 45.1 Å². The number of aliphatic hydroxyl groups excluding tert-OH is 2. The number of aliphatic hydroxyl groups is 2. The molecule has 1 aromatic rings. The molecule has 0 aliphatic carbocycles. The van der Waals surface area contributed by atoms with Gasteiger partial charge in [-0.15, -0.1) is 0 Å². The summed E-state index contributed by atoms with van der Waals surface area (Å²) in [7, 11) is 0. The first-order valence-corrected chi connectivity index (χ1v) is 15.1. The highest BCUT2D eigenvalue weighted by Crippen LogP contribution is 2.25. The van der Waals surface area contributed by atoms with Gasteiger partial charge in [0.15, 0.2) is 6.10 Å². The van der Waals surface area contributed by atoms with Crippen LogP contribution >= 0.6 is 0 Å². The van der Waals surface area contributed by atoms with E-state index in [-0.39, 0.29) is 51.7 Å². The van der Waals surface area contributed by atoms with Crippen LogP contribution < -0.4 is 16.0 Å². The lowest BCUT2D eigenvalue weighted by Crippen LogP contribution is -2.51. The molecular weight excluding hydrogens is 604 g/mol. The van der Waals surface area contributed by atoms with Gasteiger partial charge in [0.25, 0.3) is 11.8 Å². The van der Waals surface area contributed by atoms with Gasteiger partial charge in [-0.05, 0) is 48.4 Å². The molecule has 2 heterocycles. The van der Waals surface area contributed by atoms with Gasteiger partial charge in [0.2, 0.25) is 17.7 Å². The highest BCUT2D eigenvalue weighted by molar-refractivity contribution is 6.12. The number of rotatable bonds is 17. The molecule has 6 N–H and O–H groups in total. The zero-order valence-electron chi connectivity index (χ0n) is 25.9. The van der Waals surface area contributed by atoms with Crippen LogP contribution in [0.5, 0.6) is 0 Å². The van der Waals surface area contributed by atoms with Crippen LogP contribution in [0.4, 0.5) is 5.69 Å². The number of carbonyl (C=O) groups excluding carboxylic acids is 5. The first-order chi connectivity index (χ1) is 21.9. The van der Waals surface area contributed by atoms with Crippen LogP contribution in [-0.4, -0.2) is 106 Å². The lowest BCUT2D eigenvalue weighted by atomic mass is 9.94. The van der Waals surface area contributed by atoms with E-state index in [1.165, 1.54) is 12.2 Å². The smallest absolute Gasteiger partial charge is 0.332 e. The van der Waals surface area contributed by atoms with Crippen LogP contribution in [0, 0.1) is 5.92 Å². The van der Waals surface area contributed by atoms with E-state index in [9.17, 15) is 44.1 Å². The van der Waals surface area contributed by atoms with Crippen LogP contribution in [0.15, 0.2) is 30.4 Å². The Morgan fingerprint density at radius 1 is 1.04 bits per heavy atom. The van der Waals surface area contributed by atoms with Crippen molar-refractivity contribution in [2.75, 3.05) is 31.6 Å². The molecule has 4 atom stereocenters. The molecule has 0 radical (unpaired) electrons. The van der Waals surface area contributed by atoms with E-state index in [0.29, 0.717) is 36.1 Å². The first-order valence-electron chi connectivity index (χ1n) is 15.1. The summed E-state index contributed by atoms with van der Waals surface area (Å²) in [4.78, 5) is 73.3. The fourth-order valence-electron chi connectivity index (χ4n) is 5.08. The van der Waals surface area contributed by atoms with Crippen molar-refractivity contribution >= 4 is 41.2 Å². The number of anilines is 1. The number of carboxylic acids is 1. The number of aliphatic carboxylic acids is 1. The third kappa shape index (κ3) is 11.0. The Kier molecular flexibility index (Phi) is 13.8. The molecule has 0 aromatic heterocycles. The number of carboxylic acid groups (broad SMARTS) is 1. The number of hydrogen-bond donors (Lipinski definition) is 6. The number of aryl methyl sites for hydroxylation is 1. The average molecular weight is 647 g/mol. The number of carbonyl (C=O) groups is 6. The summed E-state index contributed by atoms with van der Waals surface area (Å²) in [5, 5.41) is 36.9. The molecule has 46 heavy (non-hydrogen) atoms. The molecule has 2 aliphatic rings. The van der Waals surface area contributed by atoms with Crippen molar-refractivity contribution in [3.8, 4) is 0 Å². The second kappa shape index (κ2) is 17.5. The number of ether oxygens (including phenoxy) is 2. The van der Waals surface area contributed by atoms with Gasteiger partial charge in [0.1, 0.15) is 6.04 Å². The van der Waals surface area contributed by atoms with Crippen molar-refractivity contribution in [3.63, 3.8) is 0 Å². The van der Waals surface area contributed by atoms with Crippen LogP contribution in [0.3, 0.4) is 0 Å². The maximum absolute atomic E-state index is 12.8. The van der Waals surface area contributed by atoms with Gasteiger partial charge in [0, 0.05) is 30.7 Å². The van der Waals surface area contributed by atoms with Crippen LogP contribution in [0.25, 0.3) is 0 Å². The Balaban J connectivity index is 1.43. The Hall–Kier alpha value is -4.18. The Morgan fingerprint density at radius 2 is 1.76 bits per heavy atom. The quantitative estimate of drug-likeness (QED) is 0.0947. The van der Waals surface area contributed by atoms with E-state index in [4.69, 9.17) is 9.47 Å². The molecule has 0 spiro atoms. The van der Waals surface area contributed by atoms with E-state index in [1.54, 1.807) is 32.0 Å². The van der Waals surface area contributed by atoms with Gasteiger partial charge in [-0.25, -0.2) is 4.79 Å². The van der Waals surface area contributed by atoms with Gasteiger partial charge in [-0.3, -0.25) is 28.9 Å². The van der Waals surface area contributed by atoms with Crippen LogP contribution in [0.2, 0.25) is 0 Å². The van der Waals surface area contributed by atoms with Gasteiger partial charge in [-0.2, -0.15) is 0 Å². The number of imide groups is 1. The van der Waals surface area contributed by atoms with E-state index in [2.05, 4.69) is 16.0 Å². The summed E-state index contributed by atoms with van der Waals surface area (Å²) in [6.07, 6.45) is 1.05. The lowest BCUT2D eigenvalue weighted by Gasteiger charge is -2.31. The maximum atomic E-state index is 12.8. The van der Waals surface area contributed by atoms with Gasteiger partial charge in [-0.1, -0.05) is 19.9 Å². The summed E-state index contributed by atoms with van der Waals surface area (Å²) in [6, 6.07) is 4.02. The molecule has 1 saturated heterocycles. The van der Waals surface area contributed by atoms with E-state index in [1.807, 2.05) is 0 Å². The summed E-state index contributed by atoms with van der Waals surface area (Å²) < 4.78 is 10.9. The first kappa shape index (κ1) is 36.3. The maximum Gasteiger partial charge on any atom is 0.332 e. The molecular formula is C31H42N4O11. The molecule has 0 saturated carbocycles. The topological polar surface area (TPSA) is 221 Å². The number of hydrogen-bond acceptors (Lipinski definition) is 10. The van der Waals surface area contributed by atoms with Crippen molar-refractivity contribution in [1.29, 1.82) is 0 Å². The zero-order chi connectivity index (χ0) is 33.8. The lowest BCUT2D eigenvalue weighted by molar-refractivity contribution is -0.166. The number of nitrogens with zero attached hydrogens (tertiary/aromatic N) is 1. The van der Waals surface area contributed by atoms with Crippen molar-refractivity contribution < 1.29 is 53.6 Å². The summed E-state index contributed by atoms with van der Waals surface area (Å²) in [6.45, 7) is 3.00. The Bertz CT molecular complexity index is 1300. The third-order valence-corrected chi connectivity index (χ3v) is 7.57. The SMILES string of the molecule is CC(C)C(NC(=O)CCOCCN1C(=O)C=CC1=O)C(=O)NCC(=O)Nc1ccc(CO)c(CCC2CC(O)CC(C(=O)O)O2)c1. The number of benzene rings is 1. The van der Waals surface area contributed by atoms with Crippen molar-refractivity contribution in [2.45, 2.75) is 76.9 Å². The van der Waals surface area contributed by atoms with Crippen molar-refractivity contribution in [1.82, 2.24) is 15.5 Å². The molecule has 3 rings (SSSR count). The summed E-state index contributed by atoms with van der Waals surface area (Å²) in [5.41, 5.74) is 1.75. The molecule has 252 valence electrons. The van der Waals surface area contributed by atoms with E-state index < -0.39 is 59.9 Å². The normalized spacial score (nSPS) is 20.1. The van der Waals surface area contributed by atoms with Crippen LogP contribution in [-0.2, 0) is 51.3 Å². The number of amides is 5. The average Bonchev–Trinajstić information content (AvgIpc) is 3.33. The molecule has 1 aromatic carbocycles. The van der Waals surface area contributed by atoms with E-state index in [0.717, 1.165) is 4.90 Å². The fourth-order valence-corrected chi connectivity index (χ4v) is 5.08. The second-order valence-electron chi connectivity index (χ2n) is 11.5. The second-order valence-corrected chi connectivity index (χ2v) is 11.5. The summed E-state index contributed by atoms with van der Waals surface area (Å²) in [5.74, 6) is -3.79. The van der Waals surface area contributed by atoms with Gasteiger partial charge >= 0.3 is 5.97 Å². The minimum absolute atomic E-state index is 0.0138. The predicted molar refractivity (Wildman–Crippen MR) is 162 cm³/mol. The highest BCUT2D eigenvalue weighted by atomic mass is 16.5. The Labute approximate surface area is 266 Å². The predicted octanol–water partition coefficient (Wildman–Crippen LogP) is -0.368. The molecule has 4 unspecified atom stereocenters. The van der Waals surface area contributed by atoms with Crippen LogP contribution in [0.1, 0.15) is 50.7 Å². The third-order valence-electron chi connectivity index (χ3n) is 7.57. The minimum Gasteiger partial charge on any atom is -0.479 e. The van der Waals surface area contributed by atoms with Gasteiger partial charge < -0.3 is 40.7 Å². The monoisotopic (exact) mass is 646 g/mol. The fraction of sp³-hybridized carbons (Fsp3) is 0.548. The zero-order valence-corrected chi connectivity index (χ0v) is 25.9. The van der Waals surface area contributed by atoms with E-state index >= 15 is 0 Å². The number of nitrogens with one attached hydrogen (secondary N) is 3. The highest BCUT2D eigenvalue weighted by Gasteiger charge is 2.32. The summed E-state index contributed by atoms with van der Waals surface area (Å²) >= 11 is 0. The Morgan fingerprint density at radius 3 is 2.41 bits per heavy atom. The van der Waals surface area contributed by atoms with Crippen molar-refractivity contribution in [2.24, 2.45) is 5.92 Å². The molecule has 15 nitrogen and oxygen atoms in total. The largest absolute Gasteiger partial charge is 0.479 e. The molecule has 5 amide bonds. The molecule has 0 bridgehead atoms. The van der Waals surface area contributed by atoms with Crippen molar-refractivity contribution in [3.05, 3.63) is 41.5 Å². The standard InChI is InChI=1S/C31H42N4O11/c1-18(2)29(34-25(38)9-11-45-12-10-35-27(40)7-8-28(35)41)30(42)32-16-26(39)33-21-5-3-20(17-36)19(13-21)4-6-23-14-22(37)15-24(46-23)31(43)44/h3,5,7-8,13,18,22-24,29,36-37H,4,6,9-12,14-17H2,1-2H3,(H,32,42)(H,33,39)(H,34,38)(H,43,44). The molecule has 15 heteroatoms.